The predicted octanol–water partition coefficient (Wildman–Crippen LogP) is 7.18. The second-order valence-corrected chi connectivity index (χ2v) is 12.0. The maximum Gasteiger partial charge on any atom is 0.416 e. The average Bonchev–Trinajstić information content (AvgIpc) is 3.37. The van der Waals surface area contributed by atoms with Crippen LogP contribution in [0.25, 0.3) is 0 Å². The topological polar surface area (TPSA) is 87.4 Å². The number of hydrogen-bond donors (Lipinski definition) is 1. The molecule has 1 fully saturated rings. The highest BCUT2D eigenvalue weighted by molar-refractivity contribution is 5.67. The molecule has 0 amide bonds. The molecule has 14 heteroatoms. The SMILES string of the molecule is CCN(CC1CCC(CC(=O)O)CC1)c1cc(C)c(C(F)(F)F)cc1CN(Cc1cc(C)cc(C(F)(F)F)c1)c1nnn(C)n1. The molecule has 4 rings (SSSR count). The summed E-state index contributed by atoms with van der Waals surface area (Å²) in [6, 6.07) is 6.28. The van der Waals surface area contributed by atoms with Crippen molar-refractivity contribution in [1.29, 1.82) is 0 Å². The van der Waals surface area contributed by atoms with E-state index in [2.05, 4.69) is 15.4 Å². The number of hydrogen-bond acceptors (Lipinski definition) is 6. The number of alkyl halides is 6. The number of halogens is 6. The first kappa shape index (κ1) is 34.0. The quantitative estimate of drug-likeness (QED) is 0.222. The standard InChI is InChI=1S/C31H38F6N6O2/c1-5-42(16-22-8-6-21(7-9-22)14-28(44)45)27-12-20(3)26(31(35,36)37)15-24(27)18-43(29-38-40-41(4)39-29)17-23-10-19(2)11-25(13-23)30(32,33)34/h10-13,15,21-22H,5-9,14,16-18H2,1-4H3,(H,44,45). The van der Waals surface area contributed by atoms with Crippen LogP contribution in [0.1, 0.15) is 72.4 Å². The molecule has 1 aliphatic carbocycles. The molecule has 0 unspecified atom stereocenters. The van der Waals surface area contributed by atoms with Gasteiger partial charge in [-0.25, -0.2) is 0 Å². The molecular weight excluding hydrogens is 602 g/mol. The van der Waals surface area contributed by atoms with Crippen LogP contribution in [-0.2, 0) is 37.3 Å². The Kier molecular flexibility index (Phi) is 10.3. The van der Waals surface area contributed by atoms with Gasteiger partial charge >= 0.3 is 18.3 Å². The summed E-state index contributed by atoms with van der Waals surface area (Å²) in [5.41, 5.74) is 0.0314. The molecule has 0 atom stereocenters. The van der Waals surface area contributed by atoms with E-state index in [1.54, 1.807) is 13.0 Å². The van der Waals surface area contributed by atoms with Gasteiger partial charge < -0.3 is 14.9 Å². The van der Waals surface area contributed by atoms with Gasteiger partial charge in [-0.1, -0.05) is 16.7 Å². The second-order valence-electron chi connectivity index (χ2n) is 12.0. The molecule has 246 valence electrons. The molecule has 0 aliphatic heterocycles. The minimum absolute atomic E-state index is 0.0579. The zero-order valence-corrected chi connectivity index (χ0v) is 25.7. The fraction of sp³-hybridized carbons (Fsp3) is 0.548. The van der Waals surface area contributed by atoms with E-state index in [9.17, 15) is 31.1 Å². The number of benzene rings is 2. The van der Waals surface area contributed by atoms with Gasteiger partial charge in [-0.05, 0) is 104 Å². The van der Waals surface area contributed by atoms with Gasteiger partial charge in [0.25, 0.3) is 5.95 Å². The molecule has 8 nitrogen and oxygen atoms in total. The summed E-state index contributed by atoms with van der Waals surface area (Å²) in [7, 11) is 1.52. The lowest BCUT2D eigenvalue weighted by atomic mass is 9.80. The number of rotatable bonds is 11. The van der Waals surface area contributed by atoms with Crippen molar-refractivity contribution in [3.05, 3.63) is 63.7 Å². The molecule has 45 heavy (non-hydrogen) atoms. The zero-order valence-electron chi connectivity index (χ0n) is 25.7. The van der Waals surface area contributed by atoms with E-state index in [0.717, 1.165) is 43.9 Å². The minimum atomic E-state index is -4.62. The lowest BCUT2D eigenvalue weighted by Crippen LogP contribution is -2.33. The second kappa shape index (κ2) is 13.7. The van der Waals surface area contributed by atoms with Crippen LogP contribution in [-0.4, -0.2) is 44.4 Å². The van der Waals surface area contributed by atoms with E-state index in [1.807, 2.05) is 11.8 Å². The molecule has 1 N–H and O–H groups in total. The minimum Gasteiger partial charge on any atom is -0.481 e. The molecular formula is C31H38F6N6O2. The van der Waals surface area contributed by atoms with Crippen molar-refractivity contribution in [2.24, 2.45) is 18.9 Å². The van der Waals surface area contributed by atoms with Crippen molar-refractivity contribution >= 4 is 17.6 Å². The van der Waals surface area contributed by atoms with Crippen LogP contribution >= 0.6 is 0 Å². The van der Waals surface area contributed by atoms with Gasteiger partial charge in [0.2, 0.25) is 0 Å². The fourth-order valence-electron chi connectivity index (χ4n) is 6.18. The molecule has 1 aromatic heterocycles. The van der Waals surface area contributed by atoms with Crippen molar-refractivity contribution in [3.8, 4) is 0 Å². The van der Waals surface area contributed by atoms with Crippen LogP contribution in [0.4, 0.5) is 38.0 Å². The van der Waals surface area contributed by atoms with E-state index in [-0.39, 0.29) is 42.9 Å². The maximum atomic E-state index is 14.1. The number of aryl methyl sites for hydroxylation is 3. The monoisotopic (exact) mass is 640 g/mol. The Bertz CT molecular complexity index is 1480. The Morgan fingerprint density at radius 2 is 1.60 bits per heavy atom. The third-order valence-electron chi connectivity index (χ3n) is 8.34. The third kappa shape index (κ3) is 8.88. The van der Waals surface area contributed by atoms with Crippen molar-refractivity contribution in [2.45, 2.75) is 78.3 Å². The van der Waals surface area contributed by atoms with Crippen LogP contribution < -0.4 is 9.80 Å². The van der Waals surface area contributed by atoms with Gasteiger partial charge in [0.05, 0.1) is 18.2 Å². The largest absolute Gasteiger partial charge is 0.481 e. The first-order chi connectivity index (χ1) is 21.0. The van der Waals surface area contributed by atoms with Gasteiger partial charge in [-0.3, -0.25) is 4.79 Å². The Morgan fingerprint density at radius 3 is 2.16 bits per heavy atom. The van der Waals surface area contributed by atoms with Gasteiger partial charge in [0, 0.05) is 38.3 Å². The normalized spacial score (nSPS) is 17.4. The van der Waals surface area contributed by atoms with Crippen molar-refractivity contribution in [3.63, 3.8) is 0 Å². The van der Waals surface area contributed by atoms with Crippen molar-refractivity contribution in [2.75, 3.05) is 22.9 Å². The van der Waals surface area contributed by atoms with Crippen LogP contribution in [0.5, 0.6) is 0 Å². The summed E-state index contributed by atoms with van der Waals surface area (Å²) in [6.07, 6.45) is -5.89. The molecule has 0 saturated heterocycles. The van der Waals surface area contributed by atoms with Crippen LogP contribution in [0, 0.1) is 25.7 Å². The zero-order chi connectivity index (χ0) is 33.1. The first-order valence-corrected chi connectivity index (χ1v) is 14.9. The smallest absolute Gasteiger partial charge is 0.416 e. The number of anilines is 2. The number of carboxylic acids is 1. The summed E-state index contributed by atoms with van der Waals surface area (Å²) in [5, 5.41) is 21.3. The summed E-state index contributed by atoms with van der Waals surface area (Å²) >= 11 is 0. The molecule has 2 aromatic carbocycles. The molecule has 3 aromatic rings. The number of carbonyl (C=O) groups is 1. The van der Waals surface area contributed by atoms with Gasteiger partial charge in [-0.2, -0.15) is 31.1 Å². The van der Waals surface area contributed by atoms with Gasteiger partial charge in [0.15, 0.2) is 0 Å². The molecule has 0 radical (unpaired) electrons. The molecule has 0 spiro atoms. The van der Waals surface area contributed by atoms with Gasteiger partial charge in [0.1, 0.15) is 0 Å². The lowest BCUT2D eigenvalue weighted by Gasteiger charge is -2.35. The van der Waals surface area contributed by atoms with E-state index in [1.165, 1.54) is 29.7 Å². The number of aliphatic carboxylic acids is 1. The fourth-order valence-corrected chi connectivity index (χ4v) is 6.18. The van der Waals surface area contributed by atoms with Crippen molar-refractivity contribution in [1.82, 2.24) is 20.2 Å². The lowest BCUT2D eigenvalue weighted by molar-refractivity contribution is -0.139. The molecule has 1 heterocycles. The third-order valence-corrected chi connectivity index (χ3v) is 8.34. The highest BCUT2D eigenvalue weighted by Crippen LogP contribution is 2.39. The molecule has 0 bridgehead atoms. The molecule has 1 saturated carbocycles. The Balaban J connectivity index is 1.71. The Labute approximate surface area is 258 Å². The van der Waals surface area contributed by atoms with Crippen molar-refractivity contribution < 1.29 is 36.2 Å². The first-order valence-electron chi connectivity index (χ1n) is 14.9. The van der Waals surface area contributed by atoms with E-state index in [4.69, 9.17) is 5.11 Å². The number of tetrazole rings is 1. The number of nitrogens with zero attached hydrogens (tertiary/aromatic N) is 6. The predicted molar refractivity (Wildman–Crippen MR) is 157 cm³/mol. The van der Waals surface area contributed by atoms with E-state index < -0.39 is 29.4 Å². The van der Waals surface area contributed by atoms with E-state index >= 15 is 0 Å². The van der Waals surface area contributed by atoms with Crippen LogP contribution in [0.2, 0.25) is 0 Å². The van der Waals surface area contributed by atoms with Crippen LogP contribution in [0.3, 0.4) is 0 Å². The van der Waals surface area contributed by atoms with Crippen LogP contribution in [0.15, 0.2) is 30.3 Å². The maximum absolute atomic E-state index is 14.1. The highest BCUT2D eigenvalue weighted by Gasteiger charge is 2.35. The Hall–Kier alpha value is -3.84. The highest BCUT2D eigenvalue weighted by atomic mass is 19.4. The molecule has 1 aliphatic rings. The summed E-state index contributed by atoms with van der Waals surface area (Å²) in [6.45, 7) is 5.72. The summed E-state index contributed by atoms with van der Waals surface area (Å²) in [5.74, 6) is -0.407. The number of aromatic nitrogens is 4. The number of carboxylic acid groups (broad SMARTS) is 1. The average molecular weight is 641 g/mol. The van der Waals surface area contributed by atoms with Gasteiger partial charge in [-0.15, -0.1) is 5.10 Å². The Morgan fingerprint density at radius 1 is 0.933 bits per heavy atom. The summed E-state index contributed by atoms with van der Waals surface area (Å²) in [4.78, 5) is 15.9. The van der Waals surface area contributed by atoms with E-state index in [0.29, 0.717) is 35.5 Å². The summed E-state index contributed by atoms with van der Waals surface area (Å²) < 4.78 is 83.3.